The molecule has 0 aliphatic rings. The van der Waals surface area contributed by atoms with Gasteiger partial charge in [0.25, 0.3) is 0 Å². The predicted octanol–water partition coefficient (Wildman–Crippen LogP) is 3.80. The summed E-state index contributed by atoms with van der Waals surface area (Å²) in [6.45, 7) is 1.72. The highest BCUT2D eigenvalue weighted by atomic mass is 79.9. The van der Waals surface area contributed by atoms with Crippen molar-refractivity contribution in [1.82, 2.24) is 4.98 Å². The molecule has 0 saturated carbocycles. The van der Waals surface area contributed by atoms with Crippen LogP contribution in [0, 0.1) is 5.82 Å². The second-order valence-corrected chi connectivity index (χ2v) is 6.01. The second kappa shape index (κ2) is 6.12. The molecule has 2 rings (SSSR count). The number of amides is 1. The monoisotopic (exact) mass is 344 g/mol. The number of anilines is 1. The van der Waals surface area contributed by atoms with E-state index in [-0.39, 0.29) is 16.6 Å². The van der Waals surface area contributed by atoms with E-state index in [0.717, 1.165) is 0 Å². The summed E-state index contributed by atoms with van der Waals surface area (Å²) in [4.78, 5) is 15.2. The number of benzene rings is 1. The van der Waals surface area contributed by atoms with E-state index < -0.39 is 0 Å². The minimum atomic E-state index is -0.323. The van der Waals surface area contributed by atoms with Crippen LogP contribution in [0.5, 0.6) is 10.8 Å². The molecule has 0 aliphatic heterocycles. The van der Waals surface area contributed by atoms with Gasteiger partial charge in [0.15, 0.2) is 5.13 Å². The van der Waals surface area contributed by atoms with Crippen LogP contribution in [-0.2, 0) is 4.79 Å². The van der Waals surface area contributed by atoms with E-state index in [2.05, 4.69) is 26.2 Å². The fourth-order valence-corrected chi connectivity index (χ4v) is 1.99. The molecule has 0 saturated heterocycles. The maximum Gasteiger partial charge on any atom is 0.239 e. The van der Waals surface area contributed by atoms with Gasteiger partial charge < -0.3 is 10.1 Å². The molecule has 1 atom stereocenters. The molecule has 1 aromatic heterocycles. The number of thiazole rings is 1. The lowest BCUT2D eigenvalue weighted by Gasteiger charge is -2.02. The number of ether oxygens (including phenoxy) is 1. The Kier molecular flexibility index (Phi) is 4.49. The topological polar surface area (TPSA) is 51.2 Å². The summed E-state index contributed by atoms with van der Waals surface area (Å²) < 4.78 is 18.2. The number of aromatic nitrogens is 1. The van der Waals surface area contributed by atoms with E-state index in [0.29, 0.717) is 15.9 Å². The molecule has 2 aromatic rings. The highest BCUT2D eigenvalue weighted by Gasteiger charge is 2.11. The van der Waals surface area contributed by atoms with Crippen LogP contribution in [0.4, 0.5) is 9.52 Å². The Bertz CT molecular complexity index is 571. The molecular formula is C12H10BrFN2O2S. The van der Waals surface area contributed by atoms with Crippen molar-refractivity contribution in [3.8, 4) is 10.8 Å². The molecule has 1 aromatic carbocycles. The summed E-state index contributed by atoms with van der Waals surface area (Å²) in [7, 11) is 0. The van der Waals surface area contributed by atoms with E-state index >= 15 is 0 Å². The third kappa shape index (κ3) is 4.00. The van der Waals surface area contributed by atoms with E-state index in [4.69, 9.17) is 4.74 Å². The quantitative estimate of drug-likeness (QED) is 0.858. The van der Waals surface area contributed by atoms with Crippen molar-refractivity contribution in [3.63, 3.8) is 0 Å². The first-order valence-electron chi connectivity index (χ1n) is 5.39. The molecule has 4 nitrogen and oxygen atoms in total. The van der Waals surface area contributed by atoms with Crippen LogP contribution in [0.1, 0.15) is 6.92 Å². The number of hydrogen-bond donors (Lipinski definition) is 1. The summed E-state index contributed by atoms with van der Waals surface area (Å²) in [5.41, 5.74) is 0. The lowest BCUT2D eigenvalue weighted by Crippen LogP contribution is -2.19. The number of alkyl halides is 1. The zero-order valence-electron chi connectivity index (χ0n) is 9.89. The predicted molar refractivity (Wildman–Crippen MR) is 75.6 cm³/mol. The zero-order chi connectivity index (χ0) is 13.8. The molecule has 0 aliphatic carbocycles. The number of hydrogen-bond acceptors (Lipinski definition) is 4. The fraction of sp³-hybridized carbons (Fsp3) is 0.167. The molecule has 0 fully saturated rings. The van der Waals surface area contributed by atoms with Gasteiger partial charge in [-0.15, -0.1) is 0 Å². The zero-order valence-corrected chi connectivity index (χ0v) is 12.3. The van der Waals surface area contributed by atoms with Gasteiger partial charge in [-0.25, -0.2) is 9.37 Å². The normalized spacial score (nSPS) is 11.9. The minimum absolute atomic E-state index is 0.178. The second-order valence-electron chi connectivity index (χ2n) is 3.65. The highest BCUT2D eigenvalue weighted by Crippen LogP contribution is 2.30. The van der Waals surface area contributed by atoms with Crippen molar-refractivity contribution in [3.05, 3.63) is 36.3 Å². The summed E-state index contributed by atoms with van der Waals surface area (Å²) in [6.07, 6.45) is 1.50. The first-order valence-corrected chi connectivity index (χ1v) is 7.12. The minimum Gasteiger partial charge on any atom is -0.445 e. The van der Waals surface area contributed by atoms with E-state index in [1.807, 2.05) is 0 Å². The Morgan fingerprint density at radius 2 is 2.16 bits per heavy atom. The van der Waals surface area contributed by atoms with Crippen LogP contribution < -0.4 is 10.1 Å². The van der Waals surface area contributed by atoms with Crippen molar-refractivity contribution < 1.29 is 13.9 Å². The lowest BCUT2D eigenvalue weighted by atomic mass is 10.3. The smallest absolute Gasteiger partial charge is 0.239 e. The van der Waals surface area contributed by atoms with Gasteiger partial charge in [-0.2, -0.15) is 0 Å². The SMILES string of the molecule is CC(Br)C(=O)Nc1ncc(Oc2ccc(F)cc2)s1. The van der Waals surface area contributed by atoms with E-state index in [1.165, 1.54) is 41.8 Å². The average Bonchev–Trinajstić information content (AvgIpc) is 2.79. The van der Waals surface area contributed by atoms with Crippen LogP contribution in [0.15, 0.2) is 30.5 Å². The molecule has 0 bridgehead atoms. The Balaban J connectivity index is 2.01. The highest BCUT2D eigenvalue weighted by molar-refractivity contribution is 9.10. The molecule has 0 radical (unpaired) electrons. The van der Waals surface area contributed by atoms with Crippen molar-refractivity contribution >= 4 is 38.3 Å². The maximum atomic E-state index is 12.7. The molecule has 7 heteroatoms. The Labute approximate surface area is 121 Å². The fourth-order valence-electron chi connectivity index (χ4n) is 1.19. The number of nitrogens with one attached hydrogen (secondary N) is 1. The standard InChI is InChI=1S/C12H10BrFN2O2S/c1-7(13)11(17)16-12-15-6-10(19-12)18-9-4-2-8(14)3-5-9/h2-7H,1H3,(H,15,16,17). The first kappa shape index (κ1) is 14.0. The van der Waals surface area contributed by atoms with Crippen LogP contribution in [0.3, 0.4) is 0 Å². The van der Waals surface area contributed by atoms with Crippen LogP contribution >= 0.6 is 27.3 Å². The number of rotatable bonds is 4. The molecule has 100 valence electrons. The summed E-state index contributed by atoms with van der Waals surface area (Å²) in [5, 5.41) is 3.61. The molecule has 1 amide bonds. The Morgan fingerprint density at radius 3 is 2.79 bits per heavy atom. The van der Waals surface area contributed by atoms with Gasteiger partial charge in [0.05, 0.1) is 11.0 Å². The van der Waals surface area contributed by atoms with Crippen molar-refractivity contribution in [1.29, 1.82) is 0 Å². The lowest BCUT2D eigenvalue weighted by molar-refractivity contribution is -0.115. The Morgan fingerprint density at radius 1 is 1.47 bits per heavy atom. The first-order chi connectivity index (χ1) is 9.04. The number of nitrogens with zero attached hydrogens (tertiary/aromatic N) is 1. The molecule has 1 heterocycles. The van der Waals surface area contributed by atoms with Crippen molar-refractivity contribution in [2.75, 3.05) is 5.32 Å². The summed E-state index contributed by atoms with van der Waals surface area (Å²) >= 11 is 4.36. The van der Waals surface area contributed by atoms with Gasteiger partial charge in [0.2, 0.25) is 11.0 Å². The number of halogens is 2. The molecular weight excluding hydrogens is 335 g/mol. The van der Waals surface area contributed by atoms with Gasteiger partial charge in [-0.1, -0.05) is 27.3 Å². The summed E-state index contributed by atoms with van der Waals surface area (Å²) in [5.74, 6) is 0.00961. The largest absolute Gasteiger partial charge is 0.445 e. The number of carbonyl (C=O) groups excluding carboxylic acids is 1. The van der Waals surface area contributed by atoms with Crippen LogP contribution in [0.2, 0.25) is 0 Å². The van der Waals surface area contributed by atoms with Gasteiger partial charge in [-0.3, -0.25) is 4.79 Å². The molecule has 1 N–H and O–H groups in total. The van der Waals surface area contributed by atoms with Crippen LogP contribution in [0.25, 0.3) is 0 Å². The van der Waals surface area contributed by atoms with Crippen molar-refractivity contribution in [2.45, 2.75) is 11.8 Å². The third-order valence-corrected chi connectivity index (χ3v) is 3.31. The molecule has 1 unspecified atom stereocenters. The van der Waals surface area contributed by atoms with Gasteiger partial charge in [-0.05, 0) is 31.2 Å². The Hall–Kier alpha value is -1.47. The molecule has 19 heavy (non-hydrogen) atoms. The van der Waals surface area contributed by atoms with E-state index in [1.54, 1.807) is 6.92 Å². The number of carbonyl (C=O) groups is 1. The maximum absolute atomic E-state index is 12.7. The van der Waals surface area contributed by atoms with Crippen molar-refractivity contribution in [2.24, 2.45) is 0 Å². The van der Waals surface area contributed by atoms with E-state index in [9.17, 15) is 9.18 Å². The van der Waals surface area contributed by atoms with Gasteiger partial charge >= 0.3 is 0 Å². The molecule has 0 spiro atoms. The van der Waals surface area contributed by atoms with Gasteiger partial charge in [0, 0.05) is 0 Å². The summed E-state index contributed by atoms with van der Waals surface area (Å²) in [6, 6.07) is 5.67. The average molecular weight is 345 g/mol. The third-order valence-electron chi connectivity index (χ3n) is 2.11. The van der Waals surface area contributed by atoms with Gasteiger partial charge in [0.1, 0.15) is 11.6 Å². The van der Waals surface area contributed by atoms with Crippen LogP contribution in [-0.4, -0.2) is 15.7 Å².